The number of rotatable bonds is 2. The van der Waals surface area contributed by atoms with Crippen LogP contribution in [0.4, 0.5) is 0 Å². The average Bonchev–Trinajstić information content (AvgIpc) is 2.94. The lowest BCUT2D eigenvalue weighted by molar-refractivity contribution is -0.0356. The Labute approximate surface area is 112 Å². The topological polar surface area (TPSA) is 32.5 Å². The normalized spacial score (nSPS) is 46.5. The van der Waals surface area contributed by atoms with Crippen molar-refractivity contribution in [3.8, 4) is 0 Å². The third-order valence-electron chi connectivity index (χ3n) is 6.03. The largest absolute Gasteiger partial charge is 0.329 e. The van der Waals surface area contributed by atoms with E-state index in [0.717, 1.165) is 18.5 Å². The maximum atomic E-state index is 6.23. The molecule has 104 valence electrons. The number of piperazine rings is 1. The van der Waals surface area contributed by atoms with Gasteiger partial charge in [0.05, 0.1) is 0 Å². The van der Waals surface area contributed by atoms with Gasteiger partial charge in [-0.2, -0.15) is 0 Å². The van der Waals surface area contributed by atoms with E-state index in [1.165, 1.54) is 51.7 Å². The highest BCUT2D eigenvalue weighted by Crippen LogP contribution is 2.42. The molecule has 1 aliphatic carbocycles. The summed E-state index contributed by atoms with van der Waals surface area (Å²) in [6, 6.07) is 1.50. The van der Waals surface area contributed by atoms with Crippen molar-refractivity contribution in [3.05, 3.63) is 0 Å². The van der Waals surface area contributed by atoms with Crippen molar-refractivity contribution in [2.75, 3.05) is 26.2 Å². The first-order chi connectivity index (χ1) is 8.67. The monoisotopic (exact) mass is 251 g/mol. The first-order valence-corrected chi connectivity index (χ1v) is 7.88. The molecule has 0 aromatic heterocycles. The van der Waals surface area contributed by atoms with Crippen LogP contribution in [0.5, 0.6) is 0 Å². The van der Waals surface area contributed by atoms with E-state index in [9.17, 15) is 0 Å². The van der Waals surface area contributed by atoms with Crippen molar-refractivity contribution in [2.24, 2.45) is 11.7 Å². The van der Waals surface area contributed by atoms with Crippen LogP contribution in [0.2, 0.25) is 0 Å². The van der Waals surface area contributed by atoms with E-state index < -0.39 is 0 Å². The second-order valence-electron chi connectivity index (χ2n) is 6.89. The Hall–Kier alpha value is -0.120. The predicted octanol–water partition coefficient (Wildman–Crippen LogP) is 1.67. The standard InChI is InChI=1S/C15H29N3/c1-12-5-3-7-15(12,11-16)18-10-14-6-4-8-17(14)9-13(18)2/h12-14H,3-11,16H2,1-2H3. The Morgan fingerprint density at radius 2 is 2.00 bits per heavy atom. The summed E-state index contributed by atoms with van der Waals surface area (Å²) in [5, 5.41) is 0. The van der Waals surface area contributed by atoms with E-state index in [4.69, 9.17) is 5.73 Å². The van der Waals surface area contributed by atoms with Gasteiger partial charge in [-0.05, 0) is 45.1 Å². The molecule has 4 atom stereocenters. The van der Waals surface area contributed by atoms with Crippen LogP contribution in [0.25, 0.3) is 0 Å². The highest BCUT2D eigenvalue weighted by Gasteiger charge is 2.49. The highest BCUT2D eigenvalue weighted by molar-refractivity contribution is 5.05. The number of hydrogen-bond donors (Lipinski definition) is 1. The zero-order valence-corrected chi connectivity index (χ0v) is 12.1. The lowest BCUT2D eigenvalue weighted by atomic mass is 9.83. The fourth-order valence-corrected chi connectivity index (χ4v) is 4.88. The summed E-state index contributed by atoms with van der Waals surface area (Å²) in [7, 11) is 0. The molecule has 4 unspecified atom stereocenters. The Bertz CT molecular complexity index is 306. The van der Waals surface area contributed by atoms with Crippen LogP contribution in [0, 0.1) is 5.92 Å². The summed E-state index contributed by atoms with van der Waals surface area (Å²) in [6.07, 6.45) is 6.86. The molecule has 0 aromatic rings. The summed E-state index contributed by atoms with van der Waals surface area (Å²) in [4.78, 5) is 5.52. The van der Waals surface area contributed by atoms with E-state index in [2.05, 4.69) is 23.6 Å². The molecule has 2 heterocycles. The number of fused-ring (bicyclic) bond motifs is 1. The van der Waals surface area contributed by atoms with Gasteiger partial charge in [-0.3, -0.25) is 9.80 Å². The van der Waals surface area contributed by atoms with E-state index in [-0.39, 0.29) is 0 Å². The van der Waals surface area contributed by atoms with Gasteiger partial charge in [0.2, 0.25) is 0 Å². The van der Waals surface area contributed by atoms with Crippen LogP contribution >= 0.6 is 0 Å². The molecule has 0 amide bonds. The molecule has 3 fully saturated rings. The van der Waals surface area contributed by atoms with Gasteiger partial charge in [0.1, 0.15) is 0 Å². The average molecular weight is 251 g/mol. The summed E-state index contributed by atoms with van der Waals surface area (Å²) in [6.45, 7) is 9.55. The number of hydrogen-bond acceptors (Lipinski definition) is 3. The minimum atomic E-state index is 0.314. The van der Waals surface area contributed by atoms with Crippen molar-refractivity contribution in [2.45, 2.75) is 63.6 Å². The molecular formula is C15H29N3. The van der Waals surface area contributed by atoms with Gasteiger partial charge >= 0.3 is 0 Å². The Morgan fingerprint density at radius 3 is 2.67 bits per heavy atom. The van der Waals surface area contributed by atoms with Crippen LogP contribution in [0.3, 0.4) is 0 Å². The summed E-state index contributed by atoms with van der Waals surface area (Å²) >= 11 is 0. The molecule has 0 radical (unpaired) electrons. The van der Waals surface area contributed by atoms with Gasteiger partial charge in [0, 0.05) is 37.3 Å². The Balaban J connectivity index is 1.81. The van der Waals surface area contributed by atoms with Crippen molar-refractivity contribution < 1.29 is 0 Å². The highest BCUT2D eigenvalue weighted by atomic mass is 15.4. The molecule has 2 saturated heterocycles. The molecule has 0 bridgehead atoms. The van der Waals surface area contributed by atoms with Gasteiger partial charge in [-0.25, -0.2) is 0 Å². The number of nitrogens with zero attached hydrogens (tertiary/aromatic N) is 2. The minimum absolute atomic E-state index is 0.314. The molecule has 1 saturated carbocycles. The van der Waals surface area contributed by atoms with Crippen LogP contribution in [-0.2, 0) is 0 Å². The molecule has 0 spiro atoms. The fourth-order valence-electron chi connectivity index (χ4n) is 4.88. The Kier molecular flexibility index (Phi) is 3.41. The van der Waals surface area contributed by atoms with Gasteiger partial charge in [0.25, 0.3) is 0 Å². The zero-order valence-electron chi connectivity index (χ0n) is 12.1. The van der Waals surface area contributed by atoms with Gasteiger partial charge < -0.3 is 5.73 Å². The maximum Gasteiger partial charge on any atom is 0.0361 e. The van der Waals surface area contributed by atoms with Gasteiger partial charge in [-0.1, -0.05) is 13.3 Å². The lowest BCUT2D eigenvalue weighted by Crippen LogP contribution is -2.66. The Morgan fingerprint density at radius 1 is 1.17 bits per heavy atom. The van der Waals surface area contributed by atoms with Crippen LogP contribution in [0.15, 0.2) is 0 Å². The molecule has 2 N–H and O–H groups in total. The van der Waals surface area contributed by atoms with Crippen molar-refractivity contribution in [1.29, 1.82) is 0 Å². The third kappa shape index (κ3) is 1.83. The molecule has 18 heavy (non-hydrogen) atoms. The van der Waals surface area contributed by atoms with Gasteiger partial charge in [-0.15, -0.1) is 0 Å². The van der Waals surface area contributed by atoms with E-state index in [1.807, 2.05) is 0 Å². The molecule has 3 rings (SSSR count). The lowest BCUT2D eigenvalue weighted by Gasteiger charge is -2.53. The zero-order chi connectivity index (χ0) is 12.8. The van der Waals surface area contributed by atoms with Crippen LogP contribution < -0.4 is 5.73 Å². The van der Waals surface area contributed by atoms with Crippen LogP contribution in [-0.4, -0.2) is 53.6 Å². The number of nitrogens with two attached hydrogens (primary N) is 1. The first kappa shape index (κ1) is 12.9. The quantitative estimate of drug-likeness (QED) is 0.810. The molecule has 0 aromatic carbocycles. The van der Waals surface area contributed by atoms with Crippen molar-refractivity contribution in [3.63, 3.8) is 0 Å². The fraction of sp³-hybridized carbons (Fsp3) is 1.00. The SMILES string of the molecule is CC1CN2CCCC2CN1C1(CN)CCCC1C. The van der Waals surface area contributed by atoms with E-state index >= 15 is 0 Å². The summed E-state index contributed by atoms with van der Waals surface area (Å²) in [5.41, 5.74) is 6.55. The van der Waals surface area contributed by atoms with Crippen LogP contribution in [0.1, 0.15) is 46.0 Å². The van der Waals surface area contributed by atoms with E-state index in [1.54, 1.807) is 0 Å². The second kappa shape index (κ2) is 4.77. The molecule has 3 heteroatoms. The van der Waals surface area contributed by atoms with Gasteiger partial charge in [0.15, 0.2) is 0 Å². The molecule has 3 aliphatic rings. The van der Waals surface area contributed by atoms with Crippen molar-refractivity contribution in [1.82, 2.24) is 9.80 Å². The summed E-state index contributed by atoms with van der Waals surface area (Å²) in [5.74, 6) is 0.776. The predicted molar refractivity (Wildman–Crippen MR) is 75.6 cm³/mol. The summed E-state index contributed by atoms with van der Waals surface area (Å²) < 4.78 is 0. The maximum absolute atomic E-state index is 6.23. The second-order valence-corrected chi connectivity index (χ2v) is 6.89. The van der Waals surface area contributed by atoms with Crippen molar-refractivity contribution >= 4 is 0 Å². The minimum Gasteiger partial charge on any atom is -0.329 e. The van der Waals surface area contributed by atoms with E-state index in [0.29, 0.717) is 11.6 Å². The molecular weight excluding hydrogens is 222 g/mol. The third-order valence-corrected chi connectivity index (χ3v) is 6.03. The first-order valence-electron chi connectivity index (χ1n) is 7.88. The molecule has 3 nitrogen and oxygen atoms in total. The molecule has 2 aliphatic heterocycles. The smallest absolute Gasteiger partial charge is 0.0361 e.